The lowest BCUT2D eigenvalue weighted by molar-refractivity contribution is 0.435. The number of hydrogen-bond acceptors (Lipinski definition) is 2. The second-order valence-corrected chi connectivity index (χ2v) is 5.35. The molecule has 0 saturated carbocycles. The fraction of sp³-hybridized carbons (Fsp3) is 0.333. The van der Waals surface area contributed by atoms with E-state index < -0.39 is 0 Å². The maximum Gasteiger partial charge on any atom is 0.145 e. The molecule has 0 aromatic heterocycles. The molecule has 2 nitrogen and oxygen atoms in total. The highest BCUT2D eigenvalue weighted by molar-refractivity contribution is 14.1. The molecule has 0 bridgehead atoms. The Kier molecular flexibility index (Phi) is 3.67. The van der Waals surface area contributed by atoms with Crippen LogP contribution >= 0.6 is 45.2 Å². The van der Waals surface area contributed by atoms with Crippen LogP contribution in [0.4, 0.5) is 0 Å². The van der Waals surface area contributed by atoms with Crippen LogP contribution in [0.5, 0.6) is 11.5 Å². The van der Waals surface area contributed by atoms with E-state index in [0.29, 0.717) is 3.57 Å². The Hall–Kier alpha value is 0.280. The molecular weight excluding hydrogens is 394 g/mol. The summed E-state index contributed by atoms with van der Waals surface area (Å²) in [6.07, 6.45) is 0. The summed E-state index contributed by atoms with van der Waals surface area (Å²) in [6.45, 7) is 4.02. The molecule has 2 N–H and O–H groups in total. The Morgan fingerprint density at radius 1 is 1.15 bits per heavy atom. The predicted octanol–water partition coefficient (Wildman–Crippen LogP) is 3.43. The van der Waals surface area contributed by atoms with Gasteiger partial charge < -0.3 is 10.2 Å². The average molecular weight is 404 g/mol. The van der Waals surface area contributed by atoms with Crippen LogP contribution in [0.25, 0.3) is 0 Å². The van der Waals surface area contributed by atoms with Crippen LogP contribution in [-0.4, -0.2) is 10.2 Å². The van der Waals surface area contributed by atoms with E-state index in [2.05, 4.69) is 22.6 Å². The van der Waals surface area contributed by atoms with Crippen LogP contribution in [0.3, 0.4) is 0 Å². The Balaban J connectivity index is 3.41. The first-order valence-electron chi connectivity index (χ1n) is 3.85. The Labute approximate surface area is 105 Å². The molecule has 1 aromatic rings. The smallest absolute Gasteiger partial charge is 0.145 e. The summed E-state index contributed by atoms with van der Waals surface area (Å²) in [6, 6.07) is 1.82. The van der Waals surface area contributed by atoms with Gasteiger partial charge in [0.1, 0.15) is 11.5 Å². The Morgan fingerprint density at radius 2 is 1.69 bits per heavy atom. The summed E-state index contributed by atoms with van der Waals surface area (Å²) < 4.78 is 1.32. The molecule has 72 valence electrons. The van der Waals surface area contributed by atoms with Crippen molar-refractivity contribution >= 4 is 45.2 Å². The molecule has 0 heterocycles. The molecule has 1 rings (SSSR count). The second kappa shape index (κ2) is 4.20. The van der Waals surface area contributed by atoms with Gasteiger partial charge in [-0.1, -0.05) is 13.8 Å². The van der Waals surface area contributed by atoms with Crippen molar-refractivity contribution in [2.45, 2.75) is 19.8 Å². The van der Waals surface area contributed by atoms with Gasteiger partial charge in [0, 0.05) is 0 Å². The normalized spacial score (nSPS) is 10.8. The van der Waals surface area contributed by atoms with Crippen LogP contribution < -0.4 is 0 Å². The SMILES string of the molecule is CC(C)c1cc(I)c(O)c(I)c1O. The lowest BCUT2D eigenvalue weighted by Gasteiger charge is -2.12. The van der Waals surface area contributed by atoms with Crippen molar-refractivity contribution in [2.24, 2.45) is 0 Å². The van der Waals surface area contributed by atoms with E-state index in [1.54, 1.807) is 0 Å². The third kappa shape index (κ3) is 2.20. The van der Waals surface area contributed by atoms with E-state index in [1.807, 2.05) is 42.5 Å². The van der Waals surface area contributed by atoms with Gasteiger partial charge >= 0.3 is 0 Å². The summed E-state index contributed by atoms with van der Waals surface area (Å²) in [5.41, 5.74) is 0.881. The molecule has 0 saturated heterocycles. The summed E-state index contributed by atoms with van der Waals surface area (Å²) in [5.74, 6) is 0.638. The maximum atomic E-state index is 9.70. The molecule has 0 atom stereocenters. The summed E-state index contributed by atoms with van der Waals surface area (Å²) in [7, 11) is 0. The molecule has 13 heavy (non-hydrogen) atoms. The zero-order valence-corrected chi connectivity index (χ0v) is 11.6. The monoisotopic (exact) mass is 404 g/mol. The molecule has 0 aliphatic rings. The minimum atomic E-state index is 0.170. The van der Waals surface area contributed by atoms with Gasteiger partial charge in [-0.25, -0.2) is 0 Å². The number of hydrogen-bond donors (Lipinski definition) is 2. The van der Waals surface area contributed by atoms with Crippen LogP contribution in [0.2, 0.25) is 0 Å². The molecule has 0 radical (unpaired) electrons. The van der Waals surface area contributed by atoms with Gasteiger partial charge in [-0.05, 0) is 62.7 Å². The van der Waals surface area contributed by atoms with E-state index >= 15 is 0 Å². The largest absolute Gasteiger partial charge is 0.506 e. The number of aromatic hydroxyl groups is 2. The van der Waals surface area contributed by atoms with Gasteiger partial charge in [-0.3, -0.25) is 0 Å². The highest BCUT2D eigenvalue weighted by Crippen LogP contribution is 2.38. The van der Waals surface area contributed by atoms with Gasteiger partial charge in [0.05, 0.1) is 7.14 Å². The van der Waals surface area contributed by atoms with Crippen LogP contribution in [0, 0.1) is 7.14 Å². The zero-order chi connectivity index (χ0) is 10.2. The number of phenolic OH excluding ortho intramolecular Hbond substituents is 2. The van der Waals surface area contributed by atoms with Crippen molar-refractivity contribution < 1.29 is 10.2 Å². The molecule has 1 aromatic carbocycles. The summed E-state index contributed by atoms with van der Waals surface area (Å²) in [4.78, 5) is 0. The van der Waals surface area contributed by atoms with Crippen molar-refractivity contribution in [3.63, 3.8) is 0 Å². The van der Waals surface area contributed by atoms with Gasteiger partial charge in [0.2, 0.25) is 0 Å². The number of halogens is 2. The molecule has 0 unspecified atom stereocenters. The first kappa shape index (κ1) is 11.4. The zero-order valence-electron chi connectivity index (χ0n) is 7.31. The van der Waals surface area contributed by atoms with Crippen LogP contribution in [0.1, 0.15) is 25.3 Å². The van der Waals surface area contributed by atoms with E-state index in [4.69, 9.17) is 0 Å². The fourth-order valence-electron chi connectivity index (χ4n) is 1.06. The predicted molar refractivity (Wildman–Crippen MR) is 69.3 cm³/mol. The minimum absolute atomic E-state index is 0.170. The van der Waals surface area contributed by atoms with Gasteiger partial charge in [0.25, 0.3) is 0 Å². The highest BCUT2D eigenvalue weighted by Gasteiger charge is 2.15. The lowest BCUT2D eigenvalue weighted by atomic mass is 10.0. The highest BCUT2D eigenvalue weighted by atomic mass is 127. The van der Waals surface area contributed by atoms with Crippen molar-refractivity contribution in [2.75, 3.05) is 0 Å². The first-order valence-corrected chi connectivity index (χ1v) is 6.00. The third-order valence-corrected chi connectivity index (χ3v) is 3.66. The summed E-state index contributed by atoms with van der Waals surface area (Å²) >= 11 is 4.01. The van der Waals surface area contributed by atoms with E-state index in [0.717, 1.165) is 9.13 Å². The first-order chi connectivity index (χ1) is 5.95. The molecule has 0 aliphatic heterocycles. The number of rotatable bonds is 1. The number of phenols is 2. The maximum absolute atomic E-state index is 9.70. The molecule has 0 fully saturated rings. The molecule has 0 aliphatic carbocycles. The Morgan fingerprint density at radius 3 is 2.15 bits per heavy atom. The van der Waals surface area contributed by atoms with Gasteiger partial charge in [-0.15, -0.1) is 0 Å². The summed E-state index contributed by atoms with van der Waals surface area (Å²) in [5, 5.41) is 19.2. The molecule has 0 amide bonds. The lowest BCUT2D eigenvalue weighted by Crippen LogP contribution is -1.92. The standard InChI is InChI=1S/C9H10I2O2/c1-4(2)5-3-6(10)9(13)7(11)8(5)12/h3-4,12-13H,1-2H3. The van der Waals surface area contributed by atoms with Crippen molar-refractivity contribution in [1.29, 1.82) is 0 Å². The minimum Gasteiger partial charge on any atom is -0.506 e. The van der Waals surface area contributed by atoms with Crippen LogP contribution in [0.15, 0.2) is 6.07 Å². The van der Waals surface area contributed by atoms with E-state index in [-0.39, 0.29) is 17.4 Å². The quantitative estimate of drug-likeness (QED) is 0.705. The van der Waals surface area contributed by atoms with Crippen LogP contribution in [-0.2, 0) is 0 Å². The van der Waals surface area contributed by atoms with E-state index in [9.17, 15) is 10.2 Å². The molecule has 0 spiro atoms. The van der Waals surface area contributed by atoms with Gasteiger partial charge in [-0.2, -0.15) is 0 Å². The topological polar surface area (TPSA) is 40.5 Å². The number of benzene rings is 1. The average Bonchev–Trinajstić information content (AvgIpc) is 2.07. The van der Waals surface area contributed by atoms with Crippen molar-refractivity contribution in [1.82, 2.24) is 0 Å². The van der Waals surface area contributed by atoms with E-state index in [1.165, 1.54) is 0 Å². The molecule has 4 heteroatoms. The van der Waals surface area contributed by atoms with Gasteiger partial charge in [0.15, 0.2) is 0 Å². The Bertz CT molecular complexity index is 335. The third-order valence-electron chi connectivity index (χ3n) is 1.82. The molecular formula is C9H10I2O2. The van der Waals surface area contributed by atoms with Crippen molar-refractivity contribution in [3.8, 4) is 11.5 Å². The second-order valence-electron chi connectivity index (χ2n) is 3.11. The fourth-order valence-corrected chi connectivity index (χ4v) is 2.78. The van der Waals surface area contributed by atoms with Crippen molar-refractivity contribution in [3.05, 3.63) is 18.8 Å².